The zero-order valence-corrected chi connectivity index (χ0v) is 17.0. The highest BCUT2D eigenvalue weighted by molar-refractivity contribution is 6.31. The monoisotopic (exact) mass is 438 g/mol. The summed E-state index contributed by atoms with van der Waals surface area (Å²) in [6.07, 6.45) is -0.00464. The molecule has 0 aliphatic carbocycles. The van der Waals surface area contributed by atoms with Gasteiger partial charge >= 0.3 is 5.97 Å². The predicted octanol–water partition coefficient (Wildman–Crippen LogP) is 2.51. The van der Waals surface area contributed by atoms with Gasteiger partial charge in [0, 0.05) is 29.0 Å². The molecule has 0 unspecified atom stereocenters. The van der Waals surface area contributed by atoms with Crippen molar-refractivity contribution in [2.75, 3.05) is 12.0 Å². The number of rotatable bonds is 3. The van der Waals surface area contributed by atoms with E-state index in [4.69, 9.17) is 16.3 Å². The molecule has 0 radical (unpaired) electrons. The molecule has 2 aliphatic rings. The lowest BCUT2D eigenvalue weighted by Crippen LogP contribution is -2.58. The first kappa shape index (κ1) is 19.3. The first-order chi connectivity index (χ1) is 14.9. The molecule has 2 aromatic carbocycles. The maximum absolute atomic E-state index is 12.9. The fourth-order valence-electron chi connectivity index (χ4n) is 4.17. The molecule has 1 aromatic heterocycles. The Morgan fingerprint density at radius 3 is 2.61 bits per heavy atom. The number of carboxylic acid groups (broad SMARTS) is 1. The van der Waals surface area contributed by atoms with Crippen molar-refractivity contribution in [1.29, 1.82) is 0 Å². The van der Waals surface area contributed by atoms with Gasteiger partial charge in [0.15, 0.2) is 11.5 Å². The van der Waals surface area contributed by atoms with Gasteiger partial charge in [-0.1, -0.05) is 11.6 Å². The molecule has 156 valence electrons. The standard InChI is InChI=1S/C21H15ClN4O5/c1-31-13-5-2-11(3-6-13)17-19(28)23-18-14-10-12(22)4-7-15(14)25-16(27)8-9-21(25,20(29)30)26(18)24-17/h2-7,10H,8-9H2,1H3,(H,29,30)/t21-/m1/s1. The van der Waals surface area contributed by atoms with Crippen molar-refractivity contribution in [3.63, 3.8) is 0 Å². The Kier molecular flexibility index (Phi) is 4.13. The van der Waals surface area contributed by atoms with Crippen LogP contribution in [0.2, 0.25) is 5.02 Å². The van der Waals surface area contributed by atoms with E-state index >= 15 is 0 Å². The molecule has 3 heterocycles. The van der Waals surface area contributed by atoms with Gasteiger partial charge in [-0.2, -0.15) is 10.1 Å². The fourth-order valence-corrected chi connectivity index (χ4v) is 4.34. The topological polar surface area (TPSA) is 115 Å². The Balaban J connectivity index is 1.84. The molecule has 3 aromatic rings. The lowest BCUT2D eigenvalue weighted by Gasteiger charge is -2.41. The Labute approximate surface area is 180 Å². The van der Waals surface area contributed by atoms with E-state index in [0.717, 1.165) is 0 Å². The minimum Gasteiger partial charge on any atom is -0.497 e. The summed E-state index contributed by atoms with van der Waals surface area (Å²) >= 11 is 6.15. The highest BCUT2D eigenvalue weighted by Crippen LogP contribution is 2.48. The van der Waals surface area contributed by atoms with Gasteiger partial charge in [0.1, 0.15) is 5.75 Å². The number of aliphatic carboxylic acids is 1. The third kappa shape index (κ3) is 2.59. The lowest BCUT2D eigenvalue weighted by molar-refractivity contribution is -0.148. The summed E-state index contributed by atoms with van der Waals surface area (Å²) in [4.78, 5) is 43.6. The fraction of sp³-hybridized carbons (Fsp3) is 0.190. The second kappa shape index (κ2) is 6.64. The highest BCUT2D eigenvalue weighted by Gasteiger charge is 2.58. The number of fused-ring (bicyclic) bond motifs is 6. The van der Waals surface area contributed by atoms with E-state index in [-0.39, 0.29) is 30.3 Å². The molecule has 0 spiro atoms. The van der Waals surface area contributed by atoms with E-state index in [0.29, 0.717) is 27.6 Å². The second-order valence-electron chi connectivity index (χ2n) is 7.24. The summed E-state index contributed by atoms with van der Waals surface area (Å²) in [6.45, 7) is 0. The van der Waals surface area contributed by atoms with Crippen molar-refractivity contribution in [3.8, 4) is 28.4 Å². The van der Waals surface area contributed by atoms with Gasteiger partial charge < -0.3 is 9.84 Å². The maximum atomic E-state index is 12.9. The number of anilines is 1. The SMILES string of the molecule is COc1ccc(-c2nn3c(nc2=O)-c2cc(Cl)ccc2N2C(=O)CC[C@@]23C(=O)O)cc1. The Hall–Kier alpha value is -3.72. The van der Waals surface area contributed by atoms with Gasteiger partial charge in [-0.05, 0) is 42.5 Å². The Morgan fingerprint density at radius 2 is 1.94 bits per heavy atom. The Morgan fingerprint density at radius 1 is 1.19 bits per heavy atom. The minimum absolute atomic E-state index is 0.0134. The number of carbonyl (C=O) groups excluding carboxylic acids is 1. The van der Waals surface area contributed by atoms with E-state index < -0.39 is 17.2 Å². The van der Waals surface area contributed by atoms with E-state index in [1.54, 1.807) is 42.5 Å². The molecular formula is C21H15ClN4O5. The van der Waals surface area contributed by atoms with Crippen LogP contribution in [-0.4, -0.2) is 38.9 Å². The number of ether oxygens (including phenoxy) is 1. The summed E-state index contributed by atoms with van der Waals surface area (Å²) in [5, 5.41) is 15.0. The van der Waals surface area contributed by atoms with E-state index in [1.165, 1.54) is 16.7 Å². The van der Waals surface area contributed by atoms with Gasteiger partial charge in [0.05, 0.1) is 12.8 Å². The molecule has 5 rings (SSSR count). The van der Waals surface area contributed by atoms with Crippen LogP contribution in [0.4, 0.5) is 5.69 Å². The van der Waals surface area contributed by atoms with Crippen molar-refractivity contribution >= 4 is 29.2 Å². The summed E-state index contributed by atoms with van der Waals surface area (Å²) < 4.78 is 6.30. The molecule has 2 aliphatic heterocycles. The van der Waals surface area contributed by atoms with E-state index in [2.05, 4.69) is 10.1 Å². The highest BCUT2D eigenvalue weighted by atomic mass is 35.5. The number of halogens is 1. The molecular weight excluding hydrogens is 424 g/mol. The summed E-state index contributed by atoms with van der Waals surface area (Å²) in [6, 6.07) is 11.3. The molecule has 31 heavy (non-hydrogen) atoms. The third-order valence-corrected chi connectivity index (χ3v) is 5.85. The van der Waals surface area contributed by atoms with Crippen LogP contribution >= 0.6 is 11.6 Å². The first-order valence-corrected chi connectivity index (χ1v) is 9.77. The van der Waals surface area contributed by atoms with Crippen LogP contribution in [0.5, 0.6) is 5.75 Å². The lowest BCUT2D eigenvalue weighted by atomic mass is 10.00. The summed E-state index contributed by atoms with van der Waals surface area (Å²) in [7, 11) is 1.52. The summed E-state index contributed by atoms with van der Waals surface area (Å²) in [5.41, 5.74) is -1.33. The van der Waals surface area contributed by atoms with Gasteiger partial charge in [0.2, 0.25) is 11.6 Å². The molecule has 10 heteroatoms. The van der Waals surface area contributed by atoms with Gasteiger partial charge in [0.25, 0.3) is 5.56 Å². The molecule has 0 bridgehead atoms. The Bertz CT molecular complexity index is 1320. The molecule has 1 atom stereocenters. The van der Waals surface area contributed by atoms with Gasteiger partial charge in [-0.3, -0.25) is 14.5 Å². The predicted molar refractivity (Wildman–Crippen MR) is 111 cm³/mol. The zero-order chi connectivity index (χ0) is 21.9. The van der Waals surface area contributed by atoms with Gasteiger partial charge in [-0.15, -0.1) is 0 Å². The number of aromatic nitrogens is 3. The second-order valence-corrected chi connectivity index (χ2v) is 7.68. The molecule has 1 N–H and O–H groups in total. The normalized spacial score (nSPS) is 18.9. The average Bonchev–Trinajstić information content (AvgIpc) is 3.12. The van der Waals surface area contributed by atoms with Crippen LogP contribution in [0.15, 0.2) is 47.3 Å². The molecule has 1 saturated heterocycles. The number of carbonyl (C=O) groups is 2. The number of nitrogens with zero attached hydrogens (tertiary/aromatic N) is 4. The van der Waals surface area contributed by atoms with Crippen LogP contribution in [-0.2, 0) is 15.3 Å². The maximum Gasteiger partial charge on any atom is 0.353 e. The first-order valence-electron chi connectivity index (χ1n) is 9.39. The number of methoxy groups -OCH3 is 1. The zero-order valence-electron chi connectivity index (χ0n) is 16.2. The quantitative estimate of drug-likeness (QED) is 0.668. The van der Waals surface area contributed by atoms with Crippen molar-refractivity contribution in [2.45, 2.75) is 18.5 Å². The van der Waals surface area contributed by atoms with Crippen LogP contribution in [0.1, 0.15) is 12.8 Å². The smallest absolute Gasteiger partial charge is 0.353 e. The number of benzene rings is 2. The van der Waals surface area contributed by atoms with Crippen molar-refractivity contribution in [1.82, 2.24) is 14.8 Å². The number of hydrogen-bond acceptors (Lipinski definition) is 6. The van der Waals surface area contributed by atoms with Crippen LogP contribution in [0.3, 0.4) is 0 Å². The average molecular weight is 439 g/mol. The van der Waals surface area contributed by atoms with Gasteiger partial charge in [-0.25, -0.2) is 9.48 Å². The number of hydrogen-bond donors (Lipinski definition) is 1. The molecule has 9 nitrogen and oxygen atoms in total. The molecule has 0 saturated carbocycles. The van der Waals surface area contributed by atoms with Crippen molar-refractivity contribution in [3.05, 3.63) is 57.8 Å². The summed E-state index contributed by atoms with van der Waals surface area (Å²) in [5.74, 6) is -0.983. The number of carboxylic acids is 1. The van der Waals surface area contributed by atoms with Crippen LogP contribution in [0, 0.1) is 0 Å². The van der Waals surface area contributed by atoms with Crippen molar-refractivity contribution in [2.24, 2.45) is 0 Å². The van der Waals surface area contributed by atoms with Crippen molar-refractivity contribution < 1.29 is 19.4 Å². The van der Waals surface area contributed by atoms with E-state index in [9.17, 15) is 19.5 Å². The number of amides is 1. The van der Waals surface area contributed by atoms with Crippen LogP contribution in [0.25, 0.3) is 22.6 Å². The molecule has 1 fully saturated rings. The van der Waals surface area contributed by atoms with Crippen LogP contribution < -0.4 is 15.2 Å². The largest absolute Gasteiger partial charge is 0.497 e. The molecule has 1 amide bonds. The van der Waals surface area contributed by atoms with E-state index in [1.807, 2.05) is 0 Å². The third-order valence-electron chi connectivity index (χ3n) is 5.61. The minimum atomic E-state index is -1.82.